The van der Waals surface area contributed by atoms with E-state index in [9.17, 15) is 9.59 Å². The molecule has 0 amide bonds. The van der Waals surface area contributed by atoms with Crippen LogP contribution in [0.15, 0.2) is 12.1 Å². The molecule has 5 heteroatoms. The molecule has 0 bridgehead atoms. The first-order valence-electron chi connectivity index (χ1n) is 2.67. The normalized spacial score (nSPS) is 9.09. The number of hydrogen-bond donors (Lipinski definition) is 1. The Morgan fingerprint density at radius 3 is 2.82 bits per heavy atom. The summed E-state index contributed by atoms with van der Waals surface area (Å²) in [5.41, 5.74) is 0. The molecule has 0 radical (unpaired) electrons. The van der Waals surface area contributed by atoms with Crippen molar-refractivity contribution in [2.24, 2.45) is 0 Å². The lowest BCUT2D eigenvalue weighted by molar-refractivity contribution is -0.120. The van der Waals surface area contributed by atoms with E-state index >= 15 is 0 Å². The van der Waals surface area contributed by atoms with Crippen LogP contribution >= 0.6 is 11.3 Å². The number of carboxylic acids is 1. The summed E-state index contributed by atoms with van der Waals surface area (Å²) in [4.78, 5) is 20.2. The number of hydrogen-bond acceptors (Lipinski definition) is 4. The van der Waals surface area contributed by atoms with Crippen LogP contribution in [-0.4, -0.2) is 17.5 Å². The quantitative estimate of drug-likeness (QED) is 0.690. The average Bonchev–Trinajstić information content (AvgIpc) is 2.37. The lowest BCUT2D eigenvalue weighted by Crippen LogP contribution is -1.89. The molecule has 1 aromatic heterocycles. The maximum absolute atomic E-state index is 10.3. The molecule has 11 heavy (non-hydrogen) atoms. The number of carbonyl (C=O) groups is 2. The van der Waals surface area contributed by atoms with Crippen LogP contribution in [-0.2, 0) is 4.79 Å². The lowest BCUT2D eigenvalue weighted by Gasteiger charge is -1.86. The Bertz CT molecular complexity index is 278. The largest absolute Gasteiger partial charge is 0.477 e. The molecule has 0 fully saturated rings. The molecule has 1 N–H and O–H groups in total. The second-order valence-electron chi connectivity index (χ2n) is 1.64. The third-order valence-corrected chi connectivity index (χ3v) is 1.92. The zero-order valence-corrected chi connectivity index (χ0v) is 6.13. The van der Waals surface area contributed by atoms with Crippen LogP contribution in [0.1, 0.15) is 9.67 Å². The molecule has 0 atom stereocenters. The van der Waals surface area contributed by atoms with Crippen LogP contribution in [0.3, 0.4) is 0 Å². The summed E-state index contributed by atoms with van der Waals surface area (Å²) in [6.07, 6.45) is 0. The standard InChI is InChI=1S/C6H4O4S/c7-3-10-5-2-1-4(11-5)6(8)9/h1-3H,(H,8,9). The Morgan fingerprint density at radius 2 is 2.36 bits per heavy atom. The van der Waals surface area contributed by atoms with Gasteiger partial charge < -0.3 is 9.84 Å². The molecule has 4 nitrogen and oxygen atoms in total. The van der Waals surface area contributed by atoms with E-state index in [2.05, 4.69) is 4.74 Å². The molecule has 0 saturated heterocycles. The van der Waals surface area contributed by atoms with Crippen LogP contribution in [0.5, 0.6) is 5.06 Å². The van der Waals surface area contributed by atoms with Crippen molar-refractivity contribution < 1.29 is 19.4 Å². The van der Waals surface area contributed by atoms with Crippen molar-refractivity contribution in [3.05, 3.63) is 17.0 Å². The van der Waals surface area contributed by atoms with Crippen molar-refractivity contribution in [3.8, 4) is 5.06 Å². The third kappa shape index (κ3) is 1.78. The molecule has 0 spiro atoms. The first kappa shape index (κ1) is 7.74. The maximum atomic E-state index is 10.3. The van der Waals surface area contributed by atoms with Crippen molar-refractivity contribution in [1.29, 1.82) is 0 Å². The van der Waals surface area contributed by atoms with Gasteiger partial charge in [0.25, 0.3) is 6.47 Å². The van der Waals surface area contributed by atoms with E-state index in [4.69, 9.17) is 5.11 Å². The number of carboxylic acid groups (broad SMARTS) is 1. The van der Waals surface area contributed by atoms with Gasteiger partial charge in [0.15, 0.2) is 5.06 Å². The van der Waals surface area contributed by atoms with Crippen LogP contribution in [0.4, 0.5) is 0 Å². The van der Waals surface area contributed by atoms with Crippen molar-refractivity contribution >= 4 is 23.8 Å². The van der Waals surface area contributed by atoms with E-state index < -0.39 is 5.97 Å². The second kappa shape index (κ2) is 3.16. The Hall–Kier alpha value is -1.36. The minimum Gasteiger partial charge on any atom is -0.477 e. The summed E-state index contributed by atoms with van der Waals surface area (Å²) in [7, 11) is 0. The van der Waals surface area contributed by atoms with Crippen LogP contribution in [0.2, 0.25) is 0 Å². The van der Waals surface area contributed by atoms with Gasteiger partial charge in [0.05, 0.1) is 0 Å². The number of aromatic carboxylic acids is 1. The van der Waals surface area contributed by atoms with E-state index in [0.29, 0.717) is 0 Å². The van der Waals surface area contributed by atoms with Gasteiger partial charge in [-0.15, -0.1) is 0 Å². The van der Waals surface area contributed by atoms with E-state index in [0.717, 1.165) is 11.3 Å². The highest BCUT2D eigenvalue weighted by atomic mass is 32.1. The molecular weight excluding hydrogens is 168 g/mol. The van der Waals surface area contributed by atoms with Crippen molar-refractivity contribution in [1.82, 2.24) is 0 Å². The van der Waals surface area contributed by atoms with Gasteiger partial charge in [-0.3, -0.25) is 4.79 Å². The van der Waals surface area contributed by atoms with Gasteiger partial charge in [0, 0.05) is 0 Å². The predicted octanol–water partition coefficient (Wildman–Crippen LogP) is 0.982. The molecule has 1 aromatic rings. The summed E-state index contributed by atoms with van der Waals surface area (Å²) < 4.78 is 4.41. The fourth-order valence-corrected chi connectivity index (χ4v) is 1.21. The summed E-state index contributed by atoms with van der Waals surface area (Å²) in [5, 5.41) is 8.72. The molecule has 1 rings (SSSR count). The summed E-state index contributed by atoms with van der Waals surface area (Å²) in [6, 6.07) is 2.81. The maximum Gasteiger partial charge on any atom is 0.345 e. The predicted molar refractivity (Wildman–Crippen MR) is 38.0 cm³/mol. The Morgan fingerprint density at radius 1 is 1.64 bits per heavy atom. The van der Waals surface area contributed by atoms with Crippen LogP contribution < -0.4 is 4.74 Å². The van der Waals surface area contributed by atoms with Gasteiger partial charge in [-0.25, -0.2) is 4.79 Å². The SMILES string of the molecule is O=COc1ccc(C(=O)O)s1. The Kier molecular flexibility index (Phi) is 2.22. The molecule has 58 valence electrons. The number of thiophene rings is 1. The number of carbonyl (C=O) groups excluding carboxylic acids is 1. The van der Waals surface area contributed by atoms with Crippen LogP contribution in [0.25, 0.3) is 0 Å². The second-order valence-corrected chi connectivity index (χ2v) is 2.68. The average molecular weight is 172 g/mol. The minimum absolute atomic E-state index is 0.154. The fraction of sp³-hybridized carbons (Fsp3) is 0. The highest BCUT2D eigenvalue weighted by Gasteiger charge is 2.06. The molecule has 1 heterocycles. The number of ether oxygens (including phenoxy) is 1. The smallest absolute Gasteiger partial charge is 0.345 e. The summed E-state index contributed by atoms with van der Waals surface area (Å²) in [6.45, 7) is 0.261. The molecule has 0 aliphatic carbocycles. The first-order chi connectivity index (χ1) is 5.24. The van der Waals surface area contributed by atoms with Gasteiger partial charge in [-0.2, -0.15) is 0 Å². The minimum atomic E-state index is -1.02. The lowest BCUT2D eigenvalue weighted by atomic mass is 10.5. The first-order valence-corrected chi connectivity index (χ1v) is 3.49. The molecule has 0 aliphatic rings. The molecule has 0 aromatic carbocycles. The van der Waals surface area contributed by atoms with Crippen molar-refractivity contribution in [2.45, 2.75) is 0 Å². The zero-order valence-electron chi connectivity index (χ0n) is 5.31. The molecule has 0 unspecified atom stereocenters. The topological polar surface area (TPSA) is 63.6 Å². The summed E-state index contributed by atoms with van der Waals surface area (Å²) >= 11 is 0.913. The van der Waals surface area contributed by atoms with Gasteiger partial charge in [-0.1, -0.05) is 11.3 Å². The van der Waals surface area contributed by atoms with Gasteiger partial charge >= 0.3 is 5.97 Å². The molecule has 0 aliphatic heterocycles. The monoisotopic (exact) mass is 172 g/mol. The van der Waals surface area contributed by atoms with E-state index in [1.807, 2.05) is 0 Å². The molecular formula is C6H4O4S. The molecule has 0 saturated carbocycles. The van der Waals surface area contributed by atoms with E-state index in [-0.39, 0.29) is 16.4 Å². The third-order valence-electron chi connectivity index (χ3n) is 0.956. The van der Waals surface area contributed by atoms with Crippen molar-refractivity contribution in [2.75, 3.05) is 0 Å². The van der Waals surface area contributed by atoms with E-state index in [1.165, 1.54) is 12.1 Å². The fourth-order valence-electron chi connectivity index (χ4n) is 0.546. The van der Waals surface area contributed by atoms with Crippen LogP contribution in [0, 0.1) is 0 Å². The highest BCUT2D eigenvalue weighted by molar-refractivity contribution is 7.15. The Labute approximate surface area is 66.0 Å². The van der Waals surface area contributed by atoms with Gasteiger partial charge in [0.1, 0.15) is 4.88 Å². The summed E-state index contributed by atoms with van der Waals surface area (Å²) in [5.74, 6) is -1.02. The number of rotatable bonds is 3. The van der Waals surface area contributed by atoms with E-state index in [1.54, 1.807) is 0 Å². The Balaban J connectivity index is 2.81. The zero-order chi connectivity index (χ0) is 8.27. The van der Waals surface area contributed by atoms with Gasteiger partial charge in [-0.05, 0) is 12.1 Å². The van der Waals surface area contributed by atoms with Gasteiger partial charge in [0.2, 0.25) is 0 Å². The highest BCUT2D eigenvalue weighted by Crippen LogP contribution is 2.23. The van der Waals surface area contributed by atoms with Crippen molar-refractivity contribution in [3.63, 3.8) is 0 Å².